The summed E-state index contributed by atoms with van der Waals surface area (Å²) in [5.74, 6) is 2.56. The predicted octanol–water partition coefficient (Wildman–Crippen LogP) is 3.59. The summed E-state index contributed by atoms with van der Waals surface area (Å²) >= 11 is 0. The van der Waals surface area contributed by atoms with E-state index in [0.29, 0.717) is 6.73 Å². The Labute approximate surface area is 107 Å². The first kappa shape index (κ1) is 14.7. The normalized spacial score (nSPS) is 25.6. The van der Waals surface area contributed by atoms with Crippen molar-refractivity contribution in [1.82, 2.24) is 5.32 Å². The standard InChI is InChI=1S/C15H29NO/c1-6-12(14-10-13(14)7-2)8-9-16-11-17-15(3,4)5/h7,12-14,16H,2,6,8-11H2,1,3-5H3. The van der Waals surface area contributed by atoms with Crippen LogP contribution in [-0.4, -0.2) is 18.9 Å². The maximum Gasteiger partial charge on any atom is 0.0972 e. The van der Waals surface area contributed by atoms with Crippen molar-refractivity contribution in [2.45, 2.75) is 52.6 Å². The fraction of sp³-hybridized carbons (Fsp3) is 0.867. The van der Waals surface area contributed by atoms with Gasteiger partial charge in [0.15, 0.2) is 0 Å². The summed E-state index contributed by atoms with van der Waals surface area (Å²) in [6.45, 7) is 14.2. The number of rotatable bonds is 8. The number of allylic oxidation sites excluding steroid dienone is 1. The Morgan fingerprint density at radius 2 is 2.18 bits per heavy atom. The molecule has 3 unspecified atom stereocenters. The van der Waals surface area contributed by atoms with Crippen molar-refractivity contribution in [2.24, 2.45) is 17.8 Å². The highest BCUT2D eigenvalue weighted by Crippen LogP contribution is 2.47. The molecule has 17 heavy (non-hydrogen) atoms. The zero-order valence-corrected chi connectivity index (χ0v) is 12.0. The number of hydrogen-bond acceptors (Lipinski definition) is 2. The minimum absolute atomic E-state index is 0.0401. The molecule has 0 heterocycles. The van der Waals surface area contributed by atoms with Gasteiger partial charge in [-0.05, 0) is 57.9 Å². The Morgan fingerprint density at radius 1 is 1.47 bits per heavy atom. The van der Waals surface area contributed by atoms with E-state index < -0.39 is 0 Å². The first-order valence-electron chi connectivity index (χ1n) is 6.95. The Hall–Kier alpha value is -0.340. The first-order chi connectivity index (χ1) is 7.98. The molecule has 1 aliphatic rings. The van der Waals surface area contributed by atoms with E-state index in [1.807, 2.05) is 0 Å². The van der Waals surface area contributed by atoms with Crippen molar-refractivity contribution in [3.8, 4) is 0 Å². The van der Waals surface area contributed by atoms with Crippen LogP contribution in [0.3, 0.4) is 0 Å². The molecule has 0 aromatic heterocycles. The lowest BCUT2D eigenvalue weighted by Crippen LogP contribution is -2.29. The molecule has 3 atom stereocenters. The summed E-state index contributed by atoms with van der Waals surface area (Å²) < 4.78 is 5.64. The SMILES string of the molecule is C=CC1CC1C(CC)CCNCOC(C)(C)C. The molecule has 2 heteroatoms. The van der Waals surface area contributed by atoms with Gasteiger partial charge in [-0.1, -0.05) is 19.4 Å². The van der Waals surface area contributed by atoms with Crippen molar-refractivity contribution < 1.29 is 4.74 Å². The van der Waals surface area contributed by atoms with E-state index in [4.69, 9.17) is 4.74 Å². The second kappa shape index (κ2) is 6.55. The third-order valence-electron chi connectivity index (χ3n) is 3.62. The topological polar surface area (TPSA) is 21.3 Å². The van der Waals surface area contributed by atoms with E-state index in [1.165, 1.54) is 19.3 Å². The minimum Gasteiger partial charge on any atom is -0.361 e. The number of nitrogens with one attached hydrogen (secondary N) is 1. The third-order valence-corrected chi connectivity index (χ3v) is 3.62. The van der Waals surface area contributed by atoms with Gasteiger partial charge in [0.25, 0.3) is 0 Å². The van der Waals surface area contributed by atoms with E-state index in [9.17, 15) is 0 Å². The van der Waals surface area contributed by atoms with Gasteiger partial charge in [-0.25, -0.2) is 0 Å². The van der Waals surface area contributed by atoms with E-state index in [-0.39, 0.29) is 5.60 Å². The molecule has 100 valence electrons. The fourth-order valence-corrected chi connectivity index (χ4v) is 2.40. The smallest absolute Gasteiger partial charge is 0.0972 e. The van der Waals surface area contributed by atoms with Gasteiger partial charge in [-0.2, -0.15) is 0 Å². The molecule has 1 saturated carbocycles. The highest BCUT2D eigenvalue weighted by molar-refractivity contribution is 5.00. The molecule has 1 aliphatic carbocycles. The van der Waals surface area contributed by atoms with Crippen LogP contribution < -0.4 is 5.32 Å². The van der Waals surface area contributed by atoms with Crippen LogP contribution in [-0.2, 0) is 4.74 Å². The highest BCUT2D eigenvalue weighted by atomic mass is 16.5. The van der Waals surface area contributed by atoms with Crippen LogP contribution in [0.5, 0.6) is 0 Å². The van der Waals surface area contributed by atoms with Crippen molar-refractivity contribution >= 4 is 0 Å². The Bertz CT molecular complexity index is 232. The Morgan fingerprint density at radius 3 is 2.65 bits per heavy atom. The molecule has 0 spiro atoms. The van der Waals surface area contributed by atoms with Gasteiger partial charge in [-0.3, -0.25) is 5.32 Å². The van der Waals surface area contributed by atoms with Crippen LogP contribution in [0.1, 0.15) is 47.0 Å². The molecular weight excluding hydrogens is 210 g/mol. The van der Waals surface area contributed by atoms with Gasteiger partial charge in [-0.15, -0.1) is 6.58 Å². The molecule has 1 rings (SSSR count). The lowest BCUT2D eigenvalue weighted by Gasteiger charge is -2.20. The molecule has 0 amide bonds. The molecule has 0 bridgehead atoms. The van der Waals surface area contributed by atoms with Crippen LogP contribution in [0.4, 0.5) is 0 Å². The molecule has 2 nitrogen and oxygen atoms in total. The third kappa shape index (κ3) is 5.69. The quantitative estimate of drug-likeness (QED) is 0.397. The van der Waals surface area contributed by atoms with Gasteiger partial charge in [0.05, 0.1) is 12.3 Å². The summed E-state index contributed by atoms with van der Waals surface area (Å²) in [6.07, 6.45) is 6.04. The fourth-order valence-electron chi connectivity index (χ4n) is 2.40. The molecule has 0 aliphatic heterocycles. The summed E-state index contributed by atoms with van der Waals surface area (Å²) in [4.78, 5) is 0. The molecule has 1 fully saturated rings. The summed E-state index contributed by atoms with van der Waals surface area (Å²) in [6, 6.07) is 0. The average Bonchev–Trinajstić information content (AvgIpc) is 3.01. The Kier molecular flexibility index (Phi) is 5.68. The van der Waals surface area contributed by atoms with Crippen LogP contribution in [0.2, 0.25) is 0 Å². The lowest BCUT2D eigenvalue weighted by molar-refractivity contribution is -0.0135. The summed E-state index contributed by atoms with van der Waals surface area (Å²) in [5.41, 5.74) is -0.0401. The van der Waals surface area contributed by atoms with Crippen molar-refractivity contribution in [2.75, 3.05) is 13.3 Å². The van der Waals surface area contributed by atoms with Gasteiger partial charge >= 0.3 is 0 Å². The molecule has 0 radical (unpaired) electrons. The van der Waals surface area contributed by atoms with Gasteiger partial charge in [0, 0.05) is 0 Å². The van der Waals surface area contributed by atoms with E-state index >= 15 is 0 Å². The molecule has 0 aromatic carbocycles. The number of hydrogen-bond donors (Lipinski definition) is 1. The zero-order chi connectivity index (χ0) is 12.9. The van der Waals surface area contributed by atoms with E-state index in [0.717, 1.165) is 24.3 Å². The summed E-state index contributed by atoms with van der Waals surface area (Å²) in [5, 5.41) is 3.37. The van der Waals surface area contributed by atoms with Crippen LogP contribution in [0, 0.1) is 17.8 Å². The van der Waals surface area contributed by atoms with Gasteiger partial charge in [0.2, 0.25) is 0 Å². The maximum atomic E-state index is 5.64. The molecular formula is C15H29NO. The van der Waals surface area contributed by atoms with Crippen molar-refractivity contribution in [1.29, 1.82) is 0 Å². The first-order valence-corrected chi connectivity index (χ1v) is 6.95. The number of ether oxygens (including phenoxy) is 1. The van der Waals surface area contributed by atoms with Crippen LogP contribution >= 0.6 is 0 Å². The molecule has 1 N–H and O–H groups in total. The molecule has 0 aromatic rings. The zero-order valence-electron chi connectivity index (χ0n) is 12.0. The molecule has 0 saturated heterocycles. The van der Waals surface area contributed by atoms with E-state index in [1.54, 1.807) is 0 Å². The highest BCUT2D eigenvalue weighted by Gasteiger charge is 2.39. The summed E-state index contributed by atoms with van der Waals surface area (Å²) in [7, 11) is 0. The monoisotopic (exact) mass is 239 g/mol. The second-order valence-corrected chi connectivity index (χ2v) is 6.16. The van der Waals surface area contributed by atoms with Crippen LogP contribution in [0.25, 0.3) is 0 Å². The second-order valence-electron chi connectivity index (χ2n) is 6.16. The Balaban J connectivity index is 2.07. The van der Waals surface area contributed by atoms with Crippen LogP contribution in [0.15, 0.2) is 12.7 Å². The lowest BCUT2D eigenvalue weighted by atomic mass is 9.95. The predicted molar refractivity (Wildman–Crippen MR) is 73.9 cm³/mol. The largest absolute Gasteiger partial charge is 0.361 e. The average molecular weight is 239 g/mol. The van der Waals surface area contributed by atoms with Gasteiger partial charge < -0.3 is 4.74 Å². The minimum atomic E-state index is -0.0401. The van der Waals surface area contributed by atoms with Gasteiger partial charge in [0.1, 0.15) is 0 Å². The maximum absolute atomic E-state index is 5.64. The van der Waals surface area contributed by atoms with Crippen molar-refractivity contribution in [3.63, 3.8) is 0 Å². The van der Waals surface area contributed by atoms with E-state index in [2.05, 4.69) is 45.7 Å². The van der Waals surface area contributed by atoms with Crippen molar-refractivity contribution in [3.05, 3.63) is 12.7 Å².